The van der Waals surface area contributed by atoms with Crippen LogP contribution in [0.5, 0.6) is 0 Å². The maximum Gasteiger partial charge on any atom is 0.276 e. The monoisotopic (exact) mass is 345 g/mol. The summed E-state index contributed by atoms with van der Waals surface area (Å²) < 4.78 is 5.28. The van der Waals surface area contributed by atoms with Crippen molar-refractivity contribution in [3.05, 3.63) is 17.5 Å². The highest BCUT2D eigenvalue weighted by molar-refractivity contribution is 5.92. The largest absolute Gasteiger partial charge is 0.360 e. The minimum absolute atomic E-state index is 0.0327. The average molecular weight is 345 g/mol. The molecule has 0 spiro atoms. The van der Waals surface area contributed by atoms with Crippen LogP contribution < -0.4 is 5.32 Å². The summed E-state index contributed by atoms with van der Waals surface area (Å²) in [5.74, 6) is 1.44. The van der Waals surface area contributed by atoms with Crippen LogP contribution in [-0.4, -0.2) is 41.0 Å². The molecular weight excluding hydrogens is 318 g/mol. The van der Waals surface area contributed by atoms with Crippen molar-refractivity contribution in [3.63, 3.8) is 0 Å². The van der Waals surface area contributed by atoms with E-state index in [-0.39, 0.29) is 17.7 Å². The van der Waals surface area contributed by atoms with Gasteiger partial charge in [-0.3, -0.25) is 9.59 Å². The smallest absolute Gasteiger partial charge is 0.276 e. The number of aromatic nitrogens is 1. The molecule has 2 amide bonds. The van der Waals surface area contributed by atoms with Crippen molar-refractivity contribution in [2.24, 2.45) is 5.92 Å². The van der Waals surface area contributed by atoms with E-state index in [9.17, 15) is 9.59 Å². The van der Waals surface area contributed by atoms with Crippen LogP contribution in [-0.2, 0) is 4.79 Å². The highest BCUT2D eigenvalue weighted by Crippen LogP contribution is 2.40. The van der Waals surface area contributed by atoms with Crippen LogP contribution >= 0.6 is 0 Å². The predicted octanol–water partition coefficient (Wildman–Crippen LogP) is 2.85. The minimum atomic E-state index is -0.0678. The zero-order chi connectivity index (χ0) is 17.2. The number of nitrogens with zero attached hydrogens (tertiary/aromatic N) is 2. The van der Waals surface area contributed by atoms with Gasteiger partial charge in [-0.1, -0.05) is 24.4 Å². The fourth-order valence-corrected chi connectivity index (χ4v) is 4.02. The standard InChI is InChI=1S/C19H27N3O3/c23-18(20-15-4-2-1-3-5-15)14-8-10-22(11-9-14)19(24)16-12-17(25-21-16)13-6-7-13/h12-15H,1-11H2,(H,20,23). The molecule has 6 heteroatoms. The fourth-order valence-electron chi connectivity index (χ4n) is 4.02. The van der Waals surface area contributed by atoms with E-state index in [1.165, 1.54) is 19.3 Å². The van der Waals surface area contributed by atoms with Gasteiger partial charge in [-0.2, -0.15) is 0 Å². The second kappa shape index (κ2) is 7.18. The normalized spacial score (nSPS) is 22.8. The first-order valence-corrected chi connectivity index (χ1v) is 9.77. The first kappa shape index (κ1) is 16.6. The number of hydrogen-bond donors (Lipinski definition) is 1. The highest BCUT2D eigenvalue weighted by Gasteiger charge is 2.32. The first-order chi connectivity index (χ1) is 12.2. The van der Waals surface area contributed by atoms with E-state index in [0.29, 0.717) is 30.7 Å². The Kier molecular flexibility index (Phi) is 4.77. The van der Waals surface area contributed by atoms with Gasteiger partial charge < -0.3 is 14.7 Å². The summed E-state index contributed by atoms with van der Waals surface area (Å²) in [4.78, 5) is 26.8. The molecule has 136 valence electrons. The summed E-state index contributed by atoms with van der Waals surface area (Å²) in [6, 6.07) is 2.15. The molecule has 2 saturated carbocycles. The summed E-state index contributed by atoms with van der Waals surface area (Å²) in [6.07, 6.45) is 9.68. The van der Waals surface area contributed by atoms with Crippen molar-refractivity contribution in [2.45, 2.75) is 69.7 Å². The van der Waals surface area contributed by atoms with E-state index in [1.807, 2.05) is 0 Å². The van der Waals surface area contributed by atoms with Crippen molar-refractivity contribution in [1.29, 1.82) is 0 Å². The van der Waals surface area contributed by atoms with E-state index in [4.69, 9.17) is 4.52 Å². The molecule has 0 bridgehead atoms. The van der Waals surface area contributed by atoms with Gasteiger partial charge in [0, 0.05) is 37.0 Å². The molecule has 0 aromatic carbocycles. The van der Waals surface area contributed by atoms with Crippen LogP contribution in [0.15, 0.2) is 10.6 Å². The number of rotatable bonds is 4. The van der Waals surface area contributed by atoms with Crippen molar-refractivity contribution in [2.75, 3.05) is 13.1 Å². The molecule has 0 radical (unpaired) electrons. The molecule has 1 aliphatic heterocycles. The van der Waals surface area contributed by atoms with E-state index >= 15 is 0 Å². The average Bonchev–Trinajstić information content (AvgIpc) is 3.39. The topological polar surface area (TPSA) is 75.4 Å². The first-order valence-electron chi connectivity index (χ1n) is 9.77. The summed E-state index contributed by atoms with van der Waals surface area (Å²) in [5.41, 5.74) is 0.409. The number of likely N-dealkylation sites (tertiary alicyclic amines) is 1. The third kappa shape index (κ3) is 3.88. The number of carbonyl (C=O) groups is 2. The maximum absolute atomic E-state index is 12.6. The molecular formula is C19H27N3O3. The quantitative estimate of drug-likeness (QED) is 0.910. The van der Waals surface area contributed by atoms with Crippen LogP contribution in [0.3, 0.4) is 0 Å². The van der Waals surface area contributed by atoms with Crippen molar-refractivity contribution >= 4 is 11.8 Å². The van der Waals surface area contributed by atoms with Crippen LogP contribution in [0, 0.1) is 5.92 Å². The van der Waals surface area contributed by atoms with Gasteiger partial charge in [0.2, 0.25) is 5.91 Å². The Morgan fingerprint density at radius 1 is 1.04 bits per heavy atom. The Morgan fingerprint density at radius 3 is 2.44 bits per heavy atom. The van der Waals surface area contributed by atoms with Crippen LogP contribution in [0.2, 0.25) is 0 Å². The van der Waals surface area contributed by atoms with Gasteiger partial charge in [0.25, 0.3) is 5.91 Å². The molecule has 3 aliphatic rings. The summed E-state index contributed by atoms with van der Waals surface area (Å²) in [6.45, 7) is 1.24. The lowest BCUT2D eigenvalue weighted by atomic mass is 9.92. The van der Waals surface area contributed by atoms with Gasteiger partial charge in [-0.05, 0) is 38.5 Å². The second-order valence-electron chi connectivity index (χ2n) is 7.80. The van der Waals surface area contributed by atoms with Crippen LogP contribution in [0.25, 0.3) is 0 Å². The third-order valence-electron chi connectivity index (χ3n) is 5.83. The molecule has 2 aliphatic carbocycles. The van der Waals surface area contributed by atoms with Gasteiger partial charge >= 0.3 is 0 Å². The predicted molar refractivity (Wildman–Crippen MR) is 92.1 cm³/mol. The number of carbonyl (C=O) groups excluding carboxylic acids is 2. The van der Waals surface area contributed by atoms with Crippen molar-refractivity contribution < 1.29 is 14.1 Å². The molecule has 6 nitrogen and oxygen atoms in total. The van der Waals surface area contributed by atoms with Crippen molar-refractivity contribution in [3.8, 4) is 0 Å². The Balaban J connectivity index is 1.26. The summed E-state index contributed by atoms with van der Waals surface area (Å²) in [7, 11) is 0. The SMILES string of the molecule is O=C(NC1CCCCC1)C1CCN(C(=O)c2cc(C3CC3)on2)CC1. The second-order valence-corrected chi connectivity index (χ2v) is 7.80. The van der Waals surface area contributed by atoms with Gasteiger partial charge in [0.05, 0.1) is 0 Å². The van der Waals surface area contributed by atoms with Gasteiger partial charge in [0.1, 0.15) is 5.76 Å². The number of nitrogens with one attached hydrogen (secondary N) is 1. The summed E-state index contributed by atoms with van der Waals surface area (Å²) >= 11 is 0. The van der Waals surface area contributed by atoms with E-state index < -0.39 is 0 Å². The molecule has 0 unspecified atom stereocenters. The van der Waals surface area contributed by atoms with Crippen LogP contribution in [0.1, 0.15) is 80.0 Å². The van der Waals surface area contributed by atoms with E-state index in [2.05, 4.69) is 10.5 Å². The summed E-state index contributed by atoms with van der Waals surface area (Å²) in [5, 5.41) is 7.16. The lowest BCUT2D eigenvalue weighted by molar-refractivity contribution is -0.127. The number of amides is 2. The van der Waals surface area contributed by atoms with E-state index in [0.717, 1.165) is 44.3 Å². The van der Waals surface area contributed by atoms with E-state index in [1.54, 1.807) is 11.0 Å². The molecule has 2 heterocycles. The highest BCUT2D eigenvalue weighted by atomic mass is 16.5. The zero-order valence-electron chi connectivity index (χ0n) is 14.7. The zero-order valence-corrected chi connectivity index (χ0v) is 14.7. The Hall–Kier alpha value is -1.85. The molecule has 0 atom stereocenters. The Bertz CT molecular complexity index is 624. The van der Waals surface area contributed by atoms with Gasteiger partial charge in [-0.15, -0.1) is 0 Å². The molecule has 1 saturated heterocycles. The molecule has 4 rings (SSSR count). The molecule has 3 fully saturated rings. The Morgan fingerprint density at radius 2 is 1.76 bits per heavy atom. The number of piperidine rings is 1. The molecule has 1 aromatic rings. The minimum Gasteiger partial charge on any atom is -0.360 e. The lowest BCUT2D eigenvalue weighted by Crippen LogP contribution is -2.45. The maximum atomic E-state index is 12.6. The lowest BCUT2D eigenvalue weighted by Gasteiger charge is -2.32. The van der Waals surface area contributed by atoms with Gasteiger partial charge in [0.15, 0.2) is 5.69 Å². The third-order valence-corrected chi connectivity index (χ3v) is 5.83. The van der Waals surface area contributed by atoms with Crippen molar-refractivity contribution in [1.82, 2.24) is 15.4 Å². The Labute approximate surface area is 148 Å². The fraction of sp³-hybridized carbons (Fsp3) is 0.737. The number of hydrogen-bond acceptors (Lipinski definition) is 4. The van der Waals surface area contributed by atoms with Gasteiger partial charge in [-0.25, -0.2) is 0 Å². The molecule has 25 heavy (non-hydrogen) atoms. The molecule has 1 N–H and O–H groups in total. The van der Waals surface area contributed by atoms with Crippen LogP contribution in [0.4, 0.5) is 0 Å². The molecule has 1 aromatic heterocycles.